The van der Waals surface area contributed by atoms with Gasteiger partial charge in [-0.05, 0) is 42.5 Å². The minimum absolute atomic E-state index is 0.00295. The van der Waals surface area contributed by atoms with Gasteiger partial charge in [0.2, 0.25) is 11.7 Å². The number of nitrogens with zero attached hydrogens (tertiary/aromatic N) is 2. The summed E-state index contributed by atoms with van der Waals surface area (Å²) in [4.78, 5) is 15.3. The smallest absolute Gasteiger partial charge is 0.248 e. The fourth-order valence-electron chi connectivity index (χ4n) is 4.07. The molecule has 0 aromatic heterocycles. The van der Waals surface area contributed by atoms with Crippen LogP contribution in [0.2, 0.25) is 5.02 Å². The maximum absolute atomic E-state index is 14.2. The zero-order valence-corrected chi connectivity index (χ0v) is 22.1. The molecule has 0 saturated carbocycles. The van der Waals surface area contributed by atoms with E-state index in [-0.39, 0.29) is 26.2 Å². The van der Waals surface area contributed by atoms with Crippen molar-refractivity contribution in [1.29, 1.82) is 0 Å². The zero-order valence-electron chi connectivity index (χ0n) is 19.8. The molecule has 0 unspecified atom stereocenters. The first-order chi connectivity index (χ1) is 18.1. The molecule has 1 N–H and O–H groups in total. The summed E-state index contributed by atoms with van der Waals surface area (Å²) in [6.07, 6.45) is 2.96. The number of halogens is 7. The average molecular weight is 617 g/mol. The molecule has 0 radical (unpaired) electrons. The van der Waals surface area contributed by atoms with E-state index in [1.165, 1.54) is 13.2 Å². The molecule has 1 aliphatic heterocycles. The van der Waals surface area contributed by atoms with Crippen LogP contribution in [0.4, 0.5) is 39.0 Å². The monoisotopic (exact) mass is 615 g/mol. The molecule has 200 valence electrons. The molecule has 3 aromatic rings. The number of nitrogens with one attached hydrogen (secondary N) is 1. The highest BCUT2D eigenvalue weighted by atomic mass is 79.9. The van der Waals surface area contributed by atoms with Gasteiger partial charge in [-0.3, -0.25) is 4.79 Å². The Hall–Kier alpha value is -3.31. The summed E-state index contributed by atoms with van der Waals surface area (Å²) in [5.74, 6) is -9.66. The highest BCUT2D eigenvalue weighted by Gasteiger charge is 2.31. The highest BCUT2D eigenvalue weighted by Crippen LogP contribution is 2.34. The molecule has 0 aliphatic carbocycles. The summed E-state index contributed by atoms with van der Waals surface area (Å²) in [6.45, 7) is 0.415. The van der Waals surface area contributed by atoms with Crippen LogP contribution in [0.3, 0.4) is 0 Å². The lowest BCUT2D eigenvalue weighted by Gasteiger charge is -2.38. The molecule has 1 saturated heterocycles. The normalized spacial score (nSPS) is 13.8. The molecule has 5 nitrogen and oxygen atoms in total. The predicted molar refractivity (Wildman–Crippen MR) is 140 cm³/mol. The summed E-state index contributed by atoms with van der Waals surface area (Å²) in [7, 11) is 1.53. The molecular formula is C26H20BrClF5N3O2. The fourth-order valence-corrected chi connectivity index (χ4v) is 4.75. The van der Waals surface area contributed by atoms with Gasteiger partial charge in [0, 0.05) is 48.0 Å². The van der Waals surface area contributed by atoms with Crippen molar-refractivity contribution in [1.82, 2.24) is 0 Å². The Morgan fingerprint density at radius 1 is 0.921 bits per heavy atom. The number of hydrogen-bond acceptors (Lipinski definition) is 4. The average Bonchev–Trinajstić information content (AvgIpc) is 2.90. The van der Waals surface area contributed by atoms with E-state index in [1.54, 1.807) is 36.4 Å². The number of amides is 1. The van der Waals surface area contributed by atoms with E-state index in [0.717, 1.165) is 9.37 Å². The lowest BCUT2D eigenvalue weighted by atomic mass is 10.1. The number of hydrogen-bond donors (Lipinski definition) is 1. The number of benzene rings is 3. The largest absolute Gasteiger partial charge is 0.496 e. The first kappa shape index (κ1) is 27.7. The maximum Gasteiger partial charge on any atom is 0.248 e. The van der Waals surface area contributed by atoms with Crippen LogP contribution >= 0.6 is 27.5 Å². The Morgan fingerprint density at radius 2 is 1.53 bits per heavy atom. The van der Waals surface area contributed by atoms with Gasteiger partial charge in [-0.25, -0.2) is 22.0 Å². The Labute approximate surface area is 228 Å². The number of ether oxygens (including phenoxy) is 1. The Morgan fingerprint density at radius 3 is 2.13 bits per heavy atom. The summed E-state index contributed by atoms with van der Waals surface area (Å²) in [6, 6.07) is 10.3. The number of carbonyl (C=O) groups excluding carboxylic acids is 1. The van der Waals surface area contributed by atoms with Gasteiger partial charge >= 0.3 is 0 Å². The molecule has 0 spiro atoms. The summed E-state index contributed by atoms with van der Waals surface area (Å²) in [5, 5.41) is 3.03. The van der Waals surface area contributed by atoms with Gasteiger partial charge in [0.1, 0.15) is 11.4 Å². The third-order valence-electron chi connectivity index (χ3n) is 5.94. The van der Waals surface area contributed by atoms with Gasteiger partial charge in [-0.15, -0.1) is 0 Å². The minimum atomic E-state index is -2.19. The first-order valence-corrected chi connectivity index (χ1v) is 12.4. The van der Waals surface area contributed by atoms with Gasteiger partial charge < -0.3 is 19.9 Å². The van der Waals surface area contributed by atoms with Crippen LogP contribution in [-0.4, -0.2) is 39.2 Å². The van der Waals surface area contributed by atoms with Crippen LogP contribution in [0.25, 0.3) is 6.08 Å². The van der Waals surface area contributed by atoms with E-state index in [4.69, 9.17) is 16.3 Å². The summed E-state index contributed by atoms with van der Waals surface area (Å²) >= 11 is 9.81. The summed E-state index contributed by atoms with van der Waals surface area (Å²) < 4.78 is 75.1. The van der Waals surface area contributed by atoms with Crippen LogP contribution in [0.5, 0.6) is 5.75 Å². The molecule has 38 heavy (non-hydrogen) atoms. The molecule has 1 amide bonds. The van der Waals surface area contributed by atoms with Gasteiger partial charge in [0.25, 0.3) is 0 Å². The molecular weight excluding hydrogens is 597 g/mol. The highest BCUT2D eigenvalue weighted by molar-refractivity contribution is 9.10. The van der Waals surface area contributed by atoms with Crippen LogP contribution in [0.15, 0.2) is 46.9 Å². The van der Waals surface area contributed by atoms with Gasteiger partial charge in [0.05, 0.1) is 17.8 Å². The van der Waals surface area contributed by atoms with Crippen molar-refractivity contribution in [3.63, 3.8) is 0 Å². The molecule has 3 aromatic carbocycles. The van der Waals surface area contributed by atoms with E-state index in [2.05, 4.69) is 21.2 Å². The molecule has 1 heterocycles. The van der Waals surface area contributed by atoms with Gasteiger partial charge in [0.15, 0.2) is 23.3 Å². The van der Waals surface area contributed by atoms with Crippen LogP contribution in [0.1, 0.15) is 5.56 Å². The maximum atomic E-state index is 14.2. The molecule has 1 aliphatic rings. The predicted octanol–water partition coefficient (Wildman–Crippen LogP) is 6.79. The number of rotatable bonds is 6. The Bertz CT molecular complexity index is 1390. The minimum Gasteiger partial charge on any atom is -0.496 e. The van der Waals surface area contributed by atoms with Crippen molar-refractivity contribution < 1.29 is 31.5 Å². The van der Waals surface area contributed by atoms with E-state index < -0.39 is 40.7 Å². The summed E-state index contributed by atoms with van der Waals surface area (Å²) in [5.41, 5.74) is 0.792. The molecule has 0 atom stereocenters. The lowest BCUT2D eigenvalue weighted by molar-refractivity contribution is -0.111. The van der Waals surface area contributed by atoms with Crippen molar-refractivity contribution in [2.24, 2.45) is 0 Å². The number of methoxy groups -OCH3 is 1. The third kappa shape index (κ3) is 5.73. The topological polar surface area (TPSA) is 44.8 Å². The second kappa shape index (κ2) is 11.6. The van der Waals surface area contributed by atoms with E-state index in [1.807, 2.05) is 11.0 Å². The second-order valence-electron chi connectivity index (χ2n) is 8.27. The van der Waals surface area contributed by atoms with Gasteiger partial charge in [-0.2, -0.15) is 0 Å². The quantitative estimate of drug-likeness (QED) is 0.144. The van der Waals surface area contributed by atoms with Crippen molar-refractivity contribution in [2.45, 2.75) is 0 Å². The lowest BCUT2D eigenvalue weighted by Crippen LogP contribution is -2.47. The van der Waals surface area contributed by atoms with Crippen molar-refractivity contribution >= 4 is 56.6 Å². The number of anilines is 3. The number of carbonyl (C=O) groups is 1. The van der Waals surface area contributed by atoms with Crippen molar-refractivity contribution in [3.05, 3.63) is 86.6 Å². The first-order valence-electron chi connectivity index (χ1n) is 11.2. The SMILES string of the molecule is COc1ccc(Br)cc1C=CC(=O)Nc1ccc(N2CCN(c3c(F)c(F)c(F)c(F)c3F)CC2)c(Cl)c1. The molecule has 0 bridgehead atoms. The van der Waals surface area contributed by atoms with E-state index in [0.29, 0.717) is 27.7 Å². The van der Waals surface area contributed by atoms with E-state index >= 15 is 0 Å². The standard InChI is InChI=1S/C26H20BrClF5N3O2/c1-38-19-6-3-15(27)12-14(19)2-7-20(37)34-16-4-5-18(17(28)13-16)35-8-10-36(11-9-35)26-24(32)22(30)21(29)23(31)25(26)33/h2-7,12-13H,8-11H2,1H3,(H,34,37). The van der Waals surface area contributed by atoms with Gasteiger partial charge in [-0.1, -0.05) is 27.5 Å². The zero-order chi connectivity index (χ0) is 27.6. The third-order valence-corrected chi connectivity index (χ3v) is 6.74. The molecule has 1 fully saturated rings. The molecule has 12 heteroatoms. The van der Waals surface area contributed by atoms with Crippen LogP contribution in [0, 0.1) is 29.1 Å². The van der Waals surface area contributed by atoms with E-state index in [9.17, 15) is 26.7 Å². The Kier molecular flexibility index (Phi) is 8.47. The second-order valence-corrected chi connectivity index (χ2v) is 9.59. The fraction of sp³-hybridized carbons (Fsp3) is 0.192. The molecule has 4 rings (SSSR count). The van der Waals surface area contributed by atoms with Crippen LogP contribution in [-0.2, 0) is 4.79 Å². The van der Waals surface area contributed by atoms with Crippen LogP contribution < -0.4 is 19.9 Å². The van der Waals surface area contributed by atoms with Crippen molar-refractivity contribution in [3.8, 4) is 5.75 Å². The number of piperazine rings is 1. The Balaban J connectivity index is 1.41. The van der Waals surface area contributed by atoms with Crippen molar-refractivity contribution in [2.75, 3.05) is 48.4 Å².